The van der Waals surface area contributed by atoms with Crippen LogP contribution in [-0.4, -0.2) is 62.0 Å². The number of halogens is 3. The van der Waals surface area contributed by atoms with Gasteiger partial charge >= 0.3 is 0 Å². The van der Waals surface area contributed by atoms with Crippen LogP contribution in [0.3, 0.4) is 0 Å². The predicted octanol–water partition coefficient (Wildman–Crippen LogP) is 8.57. The molecular weight excluding hydrogens is 822 g/mol. The van der Waals surface area contributed by atoms with Gasteiger partial charge in [-0.05, 0) is 135 Å². The molecule has 4 heterocycles. The van der Waals surface area contributed by atoms with Crippen LogP contribution in [0.4, 0.5) is 8.78 Å². The van der Waals surface area contributed by atoms with Crippen LogP contribution in [0.25, 0.3) is 11.3 Å². The largest absolute Gasteiger partial charge is 0.486 e. The van der Waals surface area contributed by atoms with Crippen LogP contribution in [-0.2, 0) is 13.2 Å². The number of nitrogens with one attached hydrogen (secondary N) is 1. The van der Waals surface area contributed by atoms with Gasteiger partial charge in [0.25, 0.3) is 11.1 Å². The van der Waals surface area contributed by atoms with E-state index in [1.807, 2.05) is 82.7 Å². The molecule has 0 fully saturated rings. The second kappa shape index (κ2) is 20.7. The first-order valence-corrected chi connectivity index (χ1v) is 20.0. The number of imidazole rings is 2. The normalized spacial score (nSPS) is 10.6. The lowest BCUT2D eigenvalue weighted by Gasteiger charge is -2.13. The third-order valence-corrected chi connectivity index (χ3v) is 9.55. The highest BCUT2D eigenvalue weighted by Crippen LogP contribution is 2.23. The summed E-state index contributed by atoms with van der Waals surface area (Å²) >= 11 is 5.63. The molecule has 0 aliphatic rings. The Hall–Kier alpha value is -7.77. The lowest BCUT2D eigenvalue weighted by atomic mass is 10.2. The van der Waals surface area contributed by atoms with Crippen molar-refractivity contribution in [2.24, 2.45) is 0 Å². The standard InChI is InChI=1S/C27H25FN4O2.C23H14ClFN2O2/c1-31(2)18-16-29-27(33)22-7-3-4-8-25(22)34-19-23-24(32-17-6-5-9-26(32)30-23)15-12-20-10-13-21(28)14-11-20;24-23(28)18-5-1-2-6-21(18)29-15-19-20(27-14-4-3-7-22(27)26-19)13-10-16-8-11-17(25)12-9-16/h3-11,13-14,17H,16,18-19H2,1-2H3,(H,29,33);1-9,11-12,14H,15H2. The van der Waals surface area contributed by atoms with Gasteiger partial charge in [0.1, 0.15) is 70.4 Å². The molecule has 13 heteroatoms. The van der Waals surface area contributed by atoms with Gasteiger partial charge in [-0.25, -0.2) is 18.7 Å². The topological polar surface area (TPSA) is 102 Å². The first-order valence-electron chi connectivity index (χ1n) is 19.7. The molecule has 4 aromatic carbocycles. The fraction of sp³-hybridized carbons (Fsp3) is 0.120. The molecule has 0 atom stereocenters. The van der Waals surface area contributed by atoms with E-state index in [-0.39, 0.29) is 36.3 Å². The zero-order chi connectivity index (χ0) is 44.1. The highest BCUT2D eigenvalue weighted by molar-refractivity contribution is 6.68. The Balaban J connectivity index is 0.000000191. The maximum absolute atomic E-state index is 13.2. The Labute approximate surface area is 367 Å². The second-order valence-electron chi connectivity index (χ2n) is 14.1. The number of amides is 1. The van der Waals surface area contributed by atoms with Gasteiger partial charge in [-0.1, -0.05) is 48.2 Å². The zero-order valence-electron chi connectivity index (χ0n) is 34.2. The summed E-state index contributed by atoms with van der Waals surface area (Å²) in [5.41, 5.74) is 6.16. The third-order valence-electron chi connectivity index (χ3n) is 9.35. The Morgan fingerprint density at radius 3 is 1.54 bits per heavy atom. The summed E-state index contributed by atoms with van der Waals surface area (Å²) in [7, 11) is 3.91. The monoisotopic (exact) mass is 860 g/mol. The van der Waals surface area contributed by atoms with Gasteiger partial charge in [-0.2, -0.15) is 0 Å². The summed E-state index contributed by atoms with van der Waals surface area (Å²) in [5.74, 6) is 12.4. The number of aromatic nitrogens is 4. The van der Waals surface area contributed by atoms with Crippen LogP contribution >= 0.6 is 11.6 Å². The van der Waals surface area contributed by atoms with E-state index in [1.165, 1.54) is 24.3 Å². The number of hydrogen-bond acceptors (Lipinski definition) is 7. The lowest BCUT2D eigenvalue weighted by Crippen LogP contribution is -2.31. The number of likely N-dealkylation sites (N-methyl/N-ethyl adjacent to an activating group) is 1. The van der Waals surface area contributed by atoms with E-state index >= 15 is 0 Å². The number of rotatable bonds is 11. The number of hydrogen-bond donors (Lipinski definition) is 1. The molecule has 314 valence electrons. The van der Waals surface area contributed by atoms with Crippen molar-refractivity contribution in [3.05, 3.63) is 203 Å². The summed E-state index contributed by atoms with van der Waals surface area (Å²) in [6.45, 7) is 1.52. The Morgan fingerprint density at radius 2 is 1.06 bits per heavy atom. The number of ether oxygens (including phenoxy) is 2. The van der Waals surface area contributed by atoms with Gasteiger partial charge < -0.3 is 19.7 Å². The summed E-state index contributed by atoms with van der Waals surface area (Å²) in [6.07, 6.45) is 3.74. The van der Waals surface area contributed by atoms with Crippen molar-refractivity contribution >= 4 is 34.0 Å². The minimum absolute atomic E-state index is 0.107. The number of para-hydroxylation sites is 2. The molecule has 8 rings (SSSR count). The molecule has 4 aromatic heterocycles. The molecule has 1 N–H and O–H groups in total. The summed E-state index contributed by atoms with van der Waals surface area (Å²) in [4.78, 5) is 35.5. The second-order valence-corrected chi connectivity index (χ2v) is 14.4. The molecule has 0 aliphatic carbocycles. The molecule has 0 aliphatic heterocycles. The summed E-state index contributed by atoms with van der Waals surface area (Å²) in [6, 6.07) is 37.2. The van der Waals surface area contributed by atoms with E-state index < -0.39 is 5.24 Å². The first-order chi connectivity index (χ1) is 30.6. The maximum atomic E-state index is 13.2. The molecule has 0 unspecified atom stereocenters. The predicted molar refractivity (Wildman–Crippen MR) is 238 cm³/mol. The SMILES string of the molecule is CN(C)CCNC(=O)c1ccccc1OCc1nc2ccccn2c1C#Cc1ccc(F)cc1.O=C(Cl)c1ccccc1OCc1nc2ccccn2c1C#Cc1ccc(F)cc1. The lowest BCUT2D eigenvalue weighted by molar-refractivity contribution is 0.0946. The molecular formula is C50H39ClF2N6O4. The molecule has 1 amide bonds. The molecule has 8 aromatic rings. The number of fused-ring (bicyclic) bond motifs is 2. The van der Waals surface area contributed by atoms with E-state index in [4.69, 9.17) is 21.1 Å². The molecule has 0 radical (unpaired) electrons. The van der Waals surface area contributed by atoms with Crippen molar-refractivity contribution < 1.29 is 27.8 Å². The highest BCUT2D eigenvalue weighted by Gasteiger charge is 2.16. The van der Waals surface area contributed by atoms with Crippen molar-refractivity contribution in [2.45, 2.75) is 13.2 Å². The number of pyridine rings is 2. The van der Waals surface area contributed by atoms with Crippen LogP contribution in [0.15, 0.2) is 146 Å². The fourth-order valence-electron chi connectivity index (χ4n) is 6.20. The minimum Gasteiger partial charge on any atom is -0.486 e. The summed E-state index contributed by atoms with van der Waals surface area (Å²) < 4.78 is 41.9. The number of carbonyl (C=O) groups is 2. The minimum atomic E-state index is -0.591. The van der Waals surface area contributed by atoms with Crippen LogP contribution in [0, 0.1) is 35.3 Å². The quantitative estimate of drug-likeness (QED) is 0.103. The van der Waals surface area contributed by atoms with Crippen molar-refractivity contribution in [2.75, 3.05) is 27.2 Å². The van der Waals surface area contributed by atoms with Crippen LogP contribution in [0.2, 0.25) is 0 Å². The average Bonchev–Trinajstić information content (AvgIpc) is 3.84. The van der Waals surface area contributed by atoms with Gasteiger partial charge in [0.2, 0.25) is 0 Å². The van der Waals surface area contributed by atoms with E-state index in [0.29, 0.717) is 57.5 Å². The number of carbonyl (C=O) groups excluding carboxylic acids is 2. The van der Waals surface area contributed by atoms with Gasteiger partial charge in [0, 0.05) is 36.6 Å². The zero-order valence-corrected chi connectivity index (χ0v) is 34.9. The van der Waals surface area contributed by atoms with Crippen molar-refractivity contribution in [1.29, 1.82) is 0 Å². The molecule has 0 spiro atoms. The van der Waals surface area contributed by atoms with E-state index in [1.54, 1.807) is 66.7 Å². The third kappa shape index (κ3) is 11.3. The molecule has 0 saturated carbocycles. The molecule has 63 heavy (non-hydrogen) atoms. The van der Waals surface area contributed by atoms with E-state index in [9.17, 15) is 18.4 Å². The van der Waals surface area contributed by atoms with E-state index in [0.717, 1.165) is 17.8 Å². The smallest absolute Gasteiger partial charge is 0.256 e. The van der Waals surface area contributed by atoms with Crippen molar-refractivity contribution in [3.63, 3.8) is 0 Å². The van der Waals surface area contributed by atoms with E-state index in [2.05, 4.69) is 39.0 Å². The molecule has 0 bridgehead atoms. The number of benzene rings is 4. The maximum Gasteiger partial charge on any atom is 0.256 e. The van der Waals surface area contributed by atoms with Crippen LogP contribution < -0.4 is 14.8 Å². The Morgan fingerprint density at radius 1 is 0.619 bits per heavy atom. The van der Waals surface area contributed by atoms with Crippen LogP contribution in [0.1, 0.15) is 54.6 Å². The van der Waals surface area contributed by atoms with Crippen molar-refractivity contribution in [3.8, 4) is 35.2 Å². The fourth-order valence-corrected chi connectivity index (χ4v) is 6.36. The van der Waals surface area contributed by atoms with Crippen molar-refractivity contribution in [1.82, 2.24) is 29.0 Å². The van der Waals surface area contributed by atoms with Gasteiger partial charge in [0.15, 0.2) is 0 Å². The Bertz CT molecular complexity index is 3020. The summed E-state index contributed by atoms with van der Waals surface area (Å²) in [5, 5.41) is 2.32. The van der Waals surface area contributed by atoms with Crippen LogP contribution in [0.5, 0.6) is 11.5 Å². The first kappa shape index (κ1) is 43.3. The average molecular weight is 861 g/mol. The molecule has 0 saturated heterocycles. The molecule has 10 nitrogen and oxygen atoms in total. The Kier molecular flexibility index (Phi) is 14.2. The number of nitrogens with zero attached hydrogens (tertiary/aromatic N) is 5. The van der Waals surface area contributed by atoms with Gasteiger partial charge in [0.05, 0.1) is 11.1 Å². The van der Waals surface area contributed by atoms with Gasteiger partial charge in [-0.3, -0.25) is 18.4 Å². The highest BCUT2D eigenvalue weighted by atomic mass is 35.5. The van der Waals surface area contributed by atoms with Gasteiger partial charge in [-0.15, -0.1) is 0 Å².